The molecule has 6 heteroatoms. The van der Waals surface area contributed by atoms with Gasteiger partial charge < -0.3 is 14.2 Å². The van der Waals surface area contributed by atoms with Crippen molar-refractivity contribution >= 4 is 17.9 Å². The highest BCUT2D eigenvalue weighted by molar-refractivity contribution is 5.71. The molecule has 360 valence electrons. The van der Waals surface area contributed by atoms with Gasteiger partial charge in [0.1, 0.15) is 13.2 Å². The number of hydrogen-bond acceptors (Lipinski definition) is 6. The van der Waals surface area contributed by atoms with Gasteiger partial charge in [0.05, 0.1) is 0 Å². The smallest absolute Gasteiger partial charge is 0.306 e. The summed E-state index contributed by atoms with van der Waals surface area (Å²) in [6, 6.07) is 0. The first-order valence-electron chi connectivity index (χ1n) is 26.1. The molecule has 0 saturated heterocycles. The van der Waals surface area contributed by atoms with Crippen molar-refractivity contribution in [1.82, 2.24) is 0 Å². The third-order valence-corrected chi connectivity index (χ3v) is 10.9. The quantitative estimate of drug-likeness (QED) is 0.0262. The van der Waals surface area contributed by atoms with Crippen LogP contribution in [0.2, 0.25) is 0 Å². The summed E-state index contributed by atoms with van der Waals surface area (Å²) in [5.41, 5.74) is 0. The fourth-order valence-electron chi connectivity index (χ4n) is 6.92. The summed E-state index contributed by atoms with van der Waals surface area (Å²) >= 11 is 0. The van der Waals surface area contributed by atoms with Gasteiger partial charge in [-0.15, -0.1) is 0 Å². The van der Waals surface area contributed by atoms with Crippen LogP contribution in [0.1, 0.15) is 239 Å². The van der Waals surface area contributed by atoms with Crippen molar-refractivity contribution < 1.29 is 28.6 Å². The molecule has 0 aliphatic carbocycles. The summed E-state index contributed by atoms with van der Waals surface area (Å²) in [6.07, 6.45) is 65.7. The molecule has 0 aromatic heterocycles. The monoisotopic (exact) mass is 877 g/mol. The number of hydrogen-bond donors (Lipinski definition) is 0. The standard InChI is InChI=1S/C57H96O6/c1-4-7-10-13-16-19-22-24-26-27-28-29-31-32-35-38-41-44-47-50-56(59)62-53-54(52-61-55(58)49-46-43-40-37-34-21-18-15-12-9-6-3)63-57(60)51-48-45-42-39-36-33-30-25-23-20-17-14-11-8-5-2/h16-17,19-20,24-26,28-30,32,35,41,44,54H,4-15,18,21-23,27,31,33-34,36-40,42-43,45-53H2,1-3H3/b19-16-,20-17-,26-24-,29-28-,30-25-,35-32-,44-41-/t54-/m0/s1. The van der Waals surface area contributed by atoms with Crippen molar-refractivity contribution in [2.45, 2.75) is 245 Å². The minimum atomic E-state index is -0.811. The van der Waals surface area contributed by atoms with Crippen LogP contribution in [0.4, 0.5) is 0 Å². The Morgan fingerprint density at radius 2 is 0.603 bits per heavy atom. The van der Waals surface area contributed by atoms with Gasteiger partial charge in [-0.25, -0.2) is 0 Å². The fourth-order valence-corrected chi connectivity index (χ4v) is 6.92. The highest BCUT2D eigenvalue weighted by Gasteiger charge is 2.19. The van der Waals surface area contributed by atoms with Crippen LogP contribution < -0.4 is 0 Å². The number of rotatable bonds is 46. The zero-order valence-electron chi connectivity index (χ0n) is 41.1. The third kappa shape index (κ3) is 49.5. The summed E-state index contributed by atoms with van der Waals surface area (Å²) in [4.78, 5) is 37.9. The molecular weight excluding hydrogens is 781 g/mol. The van der Waals surface area contributed by atoms with Gasteiger partial charge in [0.2, 0.25) is 0 Å². The van der Waals surface area contributed by atoms with Crippen LogP contribution in [-0.4, -0.2) is 37.2 Å². The largest absolute Gasteiger partial charge is 0.462 e. The van der Waals surface area contributed by atoms with E-state index in [1.54, 1.807) is 0 Å². The van der Waals surface area contributed by atoms with Gasteiger partial charge in [-0.3, -0.25) is 14.4 Å². The van der Waals surface area contributed by atoms with Gasteiger partial charge in [-0.2, -0.15) is 0 Å². The molecule has 0 heterocycles. The van der Waals surface area contributed by atoms with E-state index in [0.717, 1.165) is 89.9 Å². The zero-order chi connectivity index (χ0) is 45.8. The van der Waals surface area contributed by atoms with Gasteiger partial charge in [0, 0.05) is 19.3 Å². The fraction of sp³-hybridized carbons (Fsp3) is 0.702. The maximum Gasteiger partial charge on any atom is 0.306 e. The first-order chi connectivity index (χ1) is 31.0. The van der Waals surface area contributed by atoms with Crippen LogP contribution in [0.25, 0.3) is 0 Å². The van der Waals surface area contributed by atoms with Crippen LogP contribution in [0.3, 0.4) is 0 Å². The van der Waals surface area contributed by atoms with E-state index in [9.17, 15) is 14.4 Å². The van der Waals surface area contributed by atoms with Gasteiger partial charge >= 0.3 is 17.9 Å². The van der Waals surface area contributed by atoms with E-state index in [1.165, 1.54) is 103 Å². The lowest BCUT2D eigenvalue weighted by Gasteiger charge is -2.18. The maximum absolute atomic E-state index is 12.8. The minimum Gasteiger partial charge on any atom is -0.462 e. The Bertz CT molecular complexity index is 1240. The predicted octanol–water partition coefficient (Wildman–Crippen LogP) is 17.2. The molecule has 0 saturated carbocycles. The Hall–Kier alpha value is -3.41. The van der Waals surface area contributed by atoms with Crippen molar-refractivity contribution in [3.63, 3.8) is 0 Å². The second-order valence-corrected chi connectivity index (χ2v) is 17.1. The van der Waals surface area contributed by atoms with E-state index >= 15 is 0 Å². The van der Waals surface area contributed by atoms with Crippen molar-refractivity contribution in [3.8, 4) is 0 Å². The highest BCUT2D eigenvalue weighted by atomic mass is 16.6. The lowest BCUT2D eigenvalue weighted by Crippen LogP contribution is -2.30. The number of unbranched alkanes of at least 4 members (excludes halogenated alkanes) is 21. The van der Waals surface area contributed by atoms with Crippen LogP contribution >= 0.6 is 0 Å². The van der Waals surface area contributed by atoms with E-state index in [0.29, 0.717) is 19.3 Å². The highest BCUT2D eigenvalue weighted by Crippen LogP contribution is 2.14. The molecule has 0 aromatic rings. The van der Waals surface area contributed by atoms with Crippen molar-refractivity contribution in [1.29, 1.82) is 0 Å². The molecule has 0 amide bonds. The Morgan fingerprint density at radius 1 is 0.317 bits per heavy atom. The van der Waals surface area contributed by atoms with E-state index in [4.69, 9.17) is 14.2 Å². The molecule has 63 heavy (non-hydrogen) atoms. The number of esters is 3. The summed E-state index contributed by atoms with van der Waals surface area (Å²) in [7, 11) is 0. The molecule has 0 aliphatic heterocycles. The molecule has 0 radical (unpaired) electrons. The Kier molecular flexibility index (Phi) is 48.5. The summed E-state index contributed by atoms with van der Waals surface area (Å²) in [5.74, 6) is -1.01. The van der Waals surface area contributed by atoms with Gasteiger partial charge in [-0.05, 0) is 89.9 Å². The minimum absolute atomic E-state index is 0.104. The SMILES string of the molecule is CCCCC/C=C\C/C=C\C/C=C\C/C=C\C/C=C\CCC(=O)OC[C@H](COC(=O)CCCCCCCCCCCCC)OC(=O)CCCCCCC/C=C\C/C=C\CCCCC. The molecule has 0 bridgehead atoms. The van der Waals surface area contributed by atoms with Crippen LogP contribution in [0, 0.1) is 0 Å². The average Bonchev–Trinajstić information content (AvgIpc) is 3.28. The van der Waals surface area contributed by atoms with Crippen LogP contribution in [-0.2, 0) is 28.6 Å². The van der Waals surface area contributed by atoms with Crippen molar-refractivity contribution in [3.05, 3.63) is 85.1 Å². The van der Waals surface area contributed by atoms with Crippen molar-refractivity contribution in [2.24, 2.45) is 0 Å². The zero-order valence-corrected chi connectivity index (χ0v) is 41.1. The lowest BCUT2D eigenvalue weighted by atomic mass is 10.1. The van der Waals surface area contributed by atoms with Gasteiger partial charge in [-0.1, -0.05) is 215 Å². The number of allylic oxidation sites excluding steroid dienone is 14. The van der Waals surface area contributed by atoms with E-state index in [-0.39, 0.29) is 37.5 Å². The molecule has 0 fully saturated rings. The maximum atomic E-state index is 12.8. The van der Waals surface area contributed by atoms with Crippen LogP contribution in [0.5, 0.6) is 0 Å². The van der Waals surface area contributed by atoms with Gasteiger partial charge in [0.25, 0.3) is 0 Å². The number of ether oxygens (including phenoxy) is 3. The normalized spacial score (nSPS) is 12.7. The molecule has 6 nitrogen and oxygen atoms in total. The molecule has 0 N–H and O–H groups in total. The Labute approximate surface area is 388 Å². The number of carbonyl (C=O) groups excluding carboxylic acids is 3. The molecule has 0 aromatic carbocycles. The van der Waals surface area contributed by atoms with E-state index in [1.807, 2.05) is 6.08 Å². The predicted molar refractivity (Wildman–Crippen MR) is 270 cm³/mol. The number of carbonyl (C=O) groups is 3. The topological polar surface area (TPSA) is 78.9 Å². The lowest BCUT2D eigenvalue weighted by molar-refractivity contribution is -0.166. The van der Waals surface area contributed by atoms with E-state index in [2.05, 4.69) is 99.8 Å². The molecule has 1 atom stereocenters. The van der Waals surface area contributed by atoms with Crippen molar-refractivity contribution in [2.75, 3.05) is 13.2 Å². The molecule has 0 spiro atoms. The second kappa shape index (κ2) is 51.2. The average molecular weight is 877 g/mol. The first kappa shape index (κ1) is 59.6. The second-order valence-electron chi connectivity index (χ2n) is 17.1. The van der Waals surface area contributed by atoms with E-state index < -0.39 is 6.10 Å². The Morgan fingerprint density at radius 3 is 1.02 bits per heavy atom. The van der Waals surface area contributed by atoms with Crippen LogP contribution in [0.15, 0.2) is 85.1 Å². The first-order valence-corrected chi connectivity index (χ1v) is 26.1. The summed E-state index contributed by atoms with van der Waals surface area (Å²) in [5, 5.41) is 0. The summed E-state index contributed by atoms with van der Waals surface area (Å²) in [6.45, 7) is 6.49. The Balaban J connectivity index is 4.50. The molecular formula is C57H96O6. The molecule has 0 aliphatic rings. The van der Waals surface area contributed by atoms with Gasteiger partial charge in [0.15, 0.2) is 6.10 Å². The molecule has 0 unspecified atom stereocenters. The summed E-state index contributed by atoms with van der Waals surface area (Å²) < 4.78 is 16.7. The molecule has 0 rings (SSSR count). The third-order valence-electron chi connectivity index (χ3n) is 10.9.